The van der Waals surface area contributed by atoms with E-state index in [2.05, 4.69) is 10.1 Å². The highest BCUT2D eigenvalue weighted by atomic mass is 16.5. The van der Waals surface area contributed by atoms with Crippen LogP contribution in [0.3, 0.4) is 0 Å². The van der Waals surface area contributed by atoms with E-state index in [4.69, 9.17) is 14.3 Å². The highest BCUT2D eigenvalue weighted by molar-refractivity contribution is 5.90. The van der Waals surface area contributed by atoms with Crippen molar-refractivity contribution < 1.29 is 23.8 Å². The third-order valence-electron chi connectivity index (χ3n) is 2.78. The van der Waals surface area contributed by atoms with Crippen LogP contribution in [0.5, 0.6) is 0 Å². The van der Waals surface area contributed by atoms with Crippen molar-refractivity contribution in [3.05, 3.63) is 23.2 Å². The van der Waals surface area contributed by atoms with Crippen LogP contribution >= 0.6 is 0 Å². The van der Waals surface area contributed by atoms with E-state index in [0.29, 0.717) is 36.7 Å². The molecular formula is C13H21NO5. The Kier molecular flexibility index (Phi) is 6.55. The van der Waals surface area contributed by atoms with Crippen molar-refractivity contribution in [1.29, 1.82) is 0 Å². The molecule has 1 heterocycles. The molecule has 0 aromatic carbocycles. The number of aliphatic hydroxyl groups is 1. The Morgan fingerprint density at radius 2 is 2.26 bits per heavy atom. The first kappa shape index (κ1) is 15.7. The monoisotopic (exact) mass is 271 g/mol. The Bertz CT molecular complexity index is 396. The standard InChI is InChI=1S/C13H21NO5/c1-9-12(13(16)18-3)6-11(19-9)7-14-10(4-5-15)8-17-2/h6,10,14-15H,4-5,7-8H2,1-3H3. The summed E-state index contributed by atoms with van der Waals surface area (Å²) in [6.45, 7) is 2.78. The van der Waals surface area contributed by atoms with E-state index in [1.54, 1.807) is 20.1 Å². The van der Waals surface area contributed by atoms with Gasteiger partial charge in [0, 0.05) is 19.8 Å². The number of hydrogen-bond acceptors (Lipinski definition) is 6. The first-order chi connectivity index (χ1) is 9.12. The average molecular weight is 271 g/mol. The Morgan fingerprint density at radius 1 is 1.53 bits per heavy atom. The molecule has 0 aliphatic heterocycles. The molecule has 6 nitrogen and oxygen atoms in total. The molecule has 1 aromatic rings. The second kappa shape index (κ2) is 7.93. The predicted molar refractivity (Wildman–Crippen MR) is 69.0 cm³/mol. The van der Waals surface area contributed by atoms with Crippen molar-refractivity contribution in [1.82, 2.24) is 5.32 Å². The summed E-state index contributed by atoms with van der Waals surface area (Å²) in [6, 6.07) is 1.71. The molecule has 0 saturated heterocycles. The molecule has 0 radical (unpaired) electrons. The zero-order chi connectivity index (χ0) is 14.3. The molecule has 1 aromatic heterocycles. The Morgan fingerprint density at radius 3 is 2.84 bits per heavy atom. The van der Waals surface area contributed by atoms with Crippen LogP contribution in [-0.4, -0.2) is 44.6 Å². The van der Waals surface area contributed by atoms with Crippen LogP contribution in [-0.2, 0) is 16.0 Å². The van der Waals surface area contributed by atoms with Gasteiger partial charge < -0.3 is 24.3 Å². The number of rotatable bonds is 8. The Balaban J connectivity index is 2.59. The first-order valence-corrected chi connectivity index (χ1v) is 6.13. The SMILES string of the molecule is COCC(CCO)NCc1cc(C(=O)OC)c(C)o1. The van der Waals surface area contributed by atoms with Crippen LogP contribution in [0.15, 0.2) is 10.5 Å². The molecule has 6 heteroatoms. The summed E-state index contributed by atoms with van der Waals surface area (Å²) in [7, 11) is 2.95. The van der Waals surface area contributed by atoms with Gasteiger partial charge in [-0.25, -0.2) is 4.79 Å². The summed E-state index contributed by atoms with van der Waals surface area (Å²) in [4.78, 5) is 11.4. The summed E-state index contributed by atoms with van der Waals surface area (Å²) in [5.74, 6) is 0.780. The number of carbonyl (C=O) groups is 1. The lowest BCUT2D eigenvalue weighted by molar-refractivity contribution is 0.0599. The third kappa shape index (κ3) is 4.66. The highest BCUT2D eigenvalue weighted by Gasteiger charge is 2.16. The summed E-state index contributed by atoms with van der Waals surface area (Å²) in [6.07, 6.45) is 0.595. The van der Waals surface area contributed by atoms with Crippen molar-refractivity contribution in [2.75, 3.05) is 27.4 Å². The van der Waals surface area contributed by atoms with Crippen molar-refractivity contribution in [3.63, 3.8) is 0 Å². The number of hydrogen-bond donors (Lipinski definition) is 2. The van der Waals surface area contributed by atoms with E-state index < -0.39 is 5.97 Å². The van der Waals surface area contributed by atoms with E-state index in [0.717, 1.165) is 0 Å². The molecule has 1 atom stereocenters. The smallest absolute Gasteiger partial charge is 0.341 e. The summed E-state index contributed by atoms with van der Waals surface area (Å²) >= 11 is 0. The highest BCUT2D eigenvalue weighted by Crippen LogP contribution is 2.15. The van der Waals surface area contributed by atoms with Crippen LogP contribution in [0.25, 0.3) is 0 Å². The number of esters is 1. The van der Waals surface area contributed by atoms with Crippen LogP contribution < -0.4 is 5.32 Å². The number of aryl methyl sites for hydroxylation is 1. The van der Waals surface area contributed by atoms with Crippen molar-refractivity contribution in [2.24, 2.45) is 0 Å². The largest absolute Gasteiger partial charge is 0.465 e. The maximum Gasteiger partial charge on any atom is 0.341 e. The van der Waals surface area contributed by atoms with Gasteiger partial charge in [-0.05, 0) is 19.4 Å². The van der Waals surface area contributed by atoms with E-state index in [9.17, 15) is 4.79 Å². The molecule has 0 spiro atoms. The molecule has 0 amide bonds. The lowest BCUT2D eigenvalue weighted by Crippen LogP contribution is -2.33. The van der Waals surface area contributed by atoms with Gasteiger partial charge >= 0.3 is 5.97 Å². The fraction of sp³-hybridized carbons (Fsp3) is 0.615. The van der Waals surface area contributed by atoms with Gasteiger partial charge in [0.15, 0.2) is 0 Å². The van der Waals surface area contributed by atoms with Crippen molar-refractivity contribution >= 4 is 5.97 Å². The summed E-state index contributed by atoms with van der Waals surface area (Å²) in [5, 5.41) is 12.1. The summed E-state index contributed by atoms with van der Waals surface area (Å²) in [5.41, 5.74) is 0.435. The third-order valence-corrected chi connectivity index (χ3v) is 2.78. The molecule has 108 valence electrons. The number of carbonyl (C=O) groups excluding carboxylic acids is 1. The van der Waals surface area contributed by atoms with Gasteiger partial charge in [-0.1, -0.05) is 0 Å². The lowest BCUT2D eigenvalue weighted by Gasteiger charge is -2.15. The van der Waals surface area contributed by atoms with Gasteiger partial charge in [0.05, 0.1) is 20.3 Å². The van der Waals surface area contributed by atoms with Crippen LogP contribution in [0.4, 0.5) is 0 Å². The minimum absolute atomic E-state index is 0.0435. The molecule has 0 bridgehead atoms. The first-order valence-electron chi connectivity index (χ1n) is 6.13. The fourth-order valence-electron chi connectivity index (χ4n) is 1.79. The average Bonchev–Trinajstić information content (AvgIpc) is 2.77. The quantitative estimate of drug-likeness (QED) is 0.683. The zero-order valence-electron chi connectivity index (χ0n) is 11.6. The Hall–Kier alpha value is -1.37. The number of aliphatic hydroxyl groups excluding tert-OH is 1. The van der Waals surface area contributed by atoms with Gasteiger partial charge in [0.1, 0.15) is 17.1 Å². The minimum atomic E-state index is -0.406. The molecule has 2 N–H and O–H groups in total. The predicted octanol–water partition coefficient (Wildman–Crippen LogP) is 0.862. The molecule has 0 saturated carbocycles. The number of furan rings is 1. The van der Waals surface area contributed by atoms with Gasteiger partial charge in [-0.3, -0.25) is 0 Å². The molecule has 1 rings (SSSR count). The van der Waals surface area contributed by atoms with Crippen LogP contribution in [0.1, 0.15) is 28.3 Å². The molecule has 0 aliphatic carbocycles. The minimum Gasteiger partial charge on any atom is -0.465 e. The molecular weight excluding hydrogens is 250 g/mol. The molecule has 19 heavy (non-hydrogen) atoms. The number of nitrogens with one attached hydrogen (secondary N) is 1. The second-order valence-corrected chi connectivity index (χ2v) is 4.22. The Labute approximate surface area is 112 Å². The van der Waals surface area contributed by atoms with E-state index in [-0.39, 0.29) is 12.6 Å². The lowest BCUT2D eigenvalue weighted by atomic mass is 10.2. The second-order valence-electron chi connectivity index (χ2n) is 4.22. The van der Waals surface area contributed by atoms with E-state index >= 15 is 0 Å². The zero-order valence-corrected chi connectivity index (χ0v) is 11.6. The summed E-state index contributed by atoms with van der Waals surface area (Å²) < 4.78 is 15.2. The van der Waals surface area contributed by atoms with Gasteiger partial charge in [-0.2, -0.15) is 0 Å². The molecule has 0 aliphatic rings. The topological polar surface area (TPSA) is 80.9 Å². The maximum atomic E-state index is 11.4. The van der Waals surface area contributed by atoms with Gasteiger partial charge in [0.25, 0.3) is 0 Å². The number of ether oxygens (including phenoxy) is 2. The van der Waals surface area contributed by atoms with Crippen molar-refractivity contribution in [2.45, 2.75) is 25.9 Å². The van der Waals surface area contributed by atoms with Crippen LogP contribution in [0.2, 0.25) is 0 Å². The van der Waals surface area contributed by atoms with E-state index in [1.165, 1.54) is 7.11 Å². The number of methoxy groups -OCH3 is 2. The van der Waals surface area contributed by atoms with Gasteiger partial charge in [-0.15, -0.1) is 0 Å². The van der Waals surface area contributed by atoms with Crippen molar-refractivity contribution in [3.8, 4) is 0 Å². The maximum absolute atomic E-state index is 11.4. The fourth-order valence-corrected chi connectivity index (χ4v) is 1.79. The van der Waals surface area contributed by atoms with Crippen LogP contribution in [0, 0.1) is 6.92 Å². The van der Waals surface area contributed by atoms with E-state index in [1.807, 2.05) is 0 Å². The normalized spacial score (nSPS) is 12.4. The molecule has 1 unspecified atom stereocenters. The van der Waals surface area contributed by atoms with Gasteiger partial charge in [0.2, 0.25) is 0 Å². The molecule has 0 fully saturated rings.